The van der Waals surface area contributed by atoms with Crippen LogP contribution < -0.4 is 14.2 Å². The molecule has 0 atom stereocenters. The Bertz CT molecular complexity index is 1020. The predicted molar refractivity (Wildman–Crippen MR) is 118 cm³/mol. The zero-order valence-corrected chi connectivity index (χ0v) is 18.3. The monoisotopic (exact) mass is 448 g/mol. The molecule has 0 spiro atoms. The zero-order chi connectivity index (χ0) is 21.5. The van der Waals surface area contributed by atoms with Gasteiger partial charge in [-0.2, -0.15) is 0 Å². The summed E-state index contributed by atoms with van der Waals surface area (Å²) in [6.07, 6.45) is 0. The largest absolute Gasteiger partial charge is 0.490 e. The predicted octanol–water partition coefficient (Wildman–Crippen LogP) is 6.07. The number of ether oxygens (including phenoxy) is 4. The minimum atomic E-state index is -0.556. The van der Waals surface area contributed by atoms with Gasteiger partial charge in [0.25, 0.3) is 0 Å². The van der Waals surface area contributed by atoms with Gasteiger partial charge in [0, 0.05) is 15.4 Å². The summed E-state index contributed by atoms with van der Waals surface area (Å²) in [4.78, 5) is 12.5. The van der Waals surface area contributed by atoms with E-state index in [2.05, 4.69) is 0 Å². The van der Waals surface area contributed by atoms with E-state index in [1.165, 1.54) is 0 Å². The second-order valence-electron chi connectivity index (χ2n) is 6.36. The van der Waals surface area contributed by atoms with Crippen molar-refractivity contribution in [3.63, 3.8) is 0 Å². The number of carbonyl (C=O) groups excluding carboxylic acids is 1. The molecule has 7 heteroatoms. The van der Waals surface area contributed by atoms with E-state index in [0.29, 0.717) is 40.1 Å². The van der Waals surface area contributed by atoms with Gasteiger partial charge in [0.15, 0.2) is 11.5 Å². The van der Waals surface area contributed by atoms with E-state index in [4.69, 9.17) is 42.1 Å². The maximum atomic E-state index is 12.5. The molecule has 0 heterocycles. The maximum absolute atomic E-state index is 12.5. The Balaban J connectivity index is 1.83. The van der Waals surface area contributed by atoms with Gasteiger partial charge in [-0.3, -0.25) is 0 Å². The van der Waals surface area contributed by atoms with Crippen LogP contribution in [0.2, 0.25) is 10.0 Å². The molecule has 3 aromatic carbocycles. The van der Waals surface area contributed by atoms with Crippen molar-refractivity contribution < 1.29 is 23.7 Å². The fourth-order valence-corrected chi connectivity index (χ4v) is 3.21. The van der Waals surface area contributed by atoms with E-state index >= 15 is 0 Å². The van der Waals surface area contributed by atoms with E-state index in [1.807, 2.05) is 38.1 Å². The van der Waals surface area contributed by atoms with Crippen LogP contribution in [-0.2, 0) is 16.1 Å². The summed E-state index contributed by atoms with van der Waals surface area (Å²) in [7, 11) is 0. The van der Waals surface area contributed by atoms with Gasteiger partial charge in [-0.15, -0.1) is 0 Å². The van der Waals surface area contributed by atoms with E-state index in [-0.39, 0.29) is 19.0 Å². The molecular formula is C23H22Cl2O5. The summed E-state index contributed by atoms with van der Waals surface area (Å²) in [5.41, 5.74) is 0.901. The SMILES string of the molecule is CCOc1cc2ccc(Cl)cc2c(OC(=O)COCc2ccc(Cl)cc2)c1OCC. The van der Waals surface area contributed by atoms with Crippen LogP contribution in [0.5, 0.6) is 17.2 Å². The van der Waals surface area contributed by atoms with Crippen molar-refractivity contribution in [2.75, 3.05) is 19.8 Å². The first-order valence-corrected chi connectivity index (χ1v) is 10.3. The standard InChI is InChI=1S/C23H22Cl2O5/c1-3-28-20-11-16-7-10-18(25)12-19(16)22(23(20)29-4-2)30-21(26)14-27-13-15-5-8-17(24)9-6-15/h5-12H,3-4,13-14H2,1-2H3. The third-order valence-electron chi connectivity index (χ3n) is 4.18. The topological polar surface area (TPSA) is 54.0 Å². The molecule has 3 rings (SSSR count). The summed E-state index contributed by atoms with van der Waals surface area (Å²) in [6.45, 7) is 4.57. The molecule has 0 aliphatic rings. The van der Waals surface area contributed by atoms with Crippen LogP contribution in [0.1, 0.15) is 19.4 Å². The molecule has 5 nitrogen and oxygen atoms in total. The lowest BCUT2D eigenvalue weighted by Crippen LogP contribution is -2.16. The second-order valence-corrected chi connectivity index (χ2v) is 7.23. The molecule has 0 amide bonds. The van der Waals surface area contributed by atoms with Crippen LogP contribution in [0.3, 0.4) is 0 Å². The number of halogens is 2. The Morgan fingerprint density at radius 2 is 1.57 bits per heavy atom. The number of hydrogen-bond acceptors (Lipinski definition) is 5. The Labute approximate surface area is 185 Å². The first kappa shape index (κ1) is 22.2. The first-order valence-electron chi connectivity index (χ1n) is 9.56. The molecule has 158 valence electrons. The minimum Gasteiger partial charge on any atom is -0.490 e. The molecule has 0 saturated carbocycles. The molecule has 3 aromatic rings. The summed E-state index contributed by atoms with van der Waals surface area (Å²) in [5.74, 6) is 0.569. The number of benzene rings is 3. The fourth-order valence-electron chi connectivity index (χ4n) is 2.91. The molecule has 0 bridgehead atoms. The third kappa shape index (κ3) is 5.57. The van der Waals surface area contributed by atoms with Crippen molar-refractivity contribution in [1.29, 1.82) is 0 Å². The highest BCUT2D eigenvalue weighted by molar-refractivity contribution is 6.31. The third-order valence-corrected chi connectivity index (χ3v) is 4.67. The molecule has 0 unspecified atom stereocenters. The van der Waals surface area contributed by atoms with E-state index < -0.39 is 5.97 Å². The second kappa shape index (κ2) is 10.5. The Hall–Kier alpha value is -2.47. The molecule has 0 radical (unpaired) electrons. The molecule has 0 N–H and O–H groups in total. The van der Waals surface area contributed by atoms with Gasteiger partial charge < -0.3 is 18.9 Å². The van der Waals surface area contributed by atoms with E-state index in [9.17, 15) is 4.79 Å². The van der Waals surface area contributed by atoms with Gasteiger partial charge in [-0.1, -0.05) is 41.4 Å². The van der Waals surface area contributed by atoms with Crippen molar-refractivity contribution in [2.24, 2.45) is 0 Å². The fraction of sp³-hybridized carbons (Fsp3) is 0.261. The Kier molecular flexibility index (Phi) is 7.80. The van der Waals surface area contributed by atoms with Crippen molar-refractivity contribution in [2.45, 2.75) is 20.5 Å². The molecular weight excluding hydrogens is 427 g/mol. The number of carbonyl (C=O) groups is 1. The number of esters is 1. The average Bonchev–Trinajstić information content (AvgIpc) is 2.72. The highest BCUT2D eigenvalue weighted by Gasteiger charge is 2.20. The van der Waals surface area contributed by atoms with E-state index in [1.54, 1.807) is 24.3 Å². The normalized spacial score (nSPS) is 10.8. The molecule has 0 aromatic heterocycles. The van der Waals surface area contributed by atoms with Gasteiger partial charge in [0.05, 0.1) is 19.8 Å². The highest BCUT2D eigenvalue weighted by atomic mass is 35.5. The van der Waals surface area contributed by atoms with Crippen molar-refractivity contribution in [3.05, 3.63) is 64.1 Å². The van der Waals surface area contributed by atoms with Crippen molar-refractivity contribution >= 4 is 39.9 Å². The maximum Gasteiger partial charge on any atom is 0.337 e. The summed E-state index contributed by atoms with van der Waals surface area (Å²) in [5, 5.41) is 2.63. The minimum absolute atomic E-state index is 0.227. The summed E-state index contributed by atoms with van der Waals surface area (Å²) >= 11 is 12.0. The number of fused-ring (bicyclic) bond motifs is 1. The Morgan fingerprint density at radius 3 is 2.27 bits per heavy atom. The van der Waals surface area contributed by atoms with Crippen molar-refractivity contribution in [3.8, 4) is 17.2 Å². The highest BCUT2D eigenvalue weighted by Crippen LogP contribution is 2.44. The first-order chi connectivity index (χ1) is 14.5. The smallest absolute Gasteiger partial charge is 0.337 e. The molecule has 0 fully saturated rings. The number of rotatable bonds is 9. The van der Waals surface area contributed by atoms with Crippen LogP contribution in [0.15, 0.2) is 48.5 Å². The number of hydrogen-bond donors (Lipinski definition) is 0. The summed E-state index contributed by atoms with van der Waals surface area (Å²) in [6, 6.07) is 14.4. The lowest BCUT2D eigenvalue weighted by Gasteiger charge is -2.17. The van der Waals surface area contributed by atoms with Gasteiger partial charge in [-0.05, 0) is 55.1 Å². The van der Waals surface area contributed by atoms with Crippen LogP contribution in [-0.4, -0.2) is 25.8 Å². The van der Waals surface area contributed by atoms with Gasteiger partial charge in [-0.25, -0.2) is 4.79 Å². The van der Waals surface area contributed by atoms with Gasteiger partial charge in [0.1, 0.15) is 6.61 Å². The van der Waals surface area contributed by atoms with Crippen LogP contribution in [0.4, 0.5) is 0 Å². The van der Waals surface area contributed by atoms with Crippen LogP contribution in [0, 0.1) is 0 Å². The molecule has 0 saturated heterocycles. The molecule has 0 aliphatic carbocycles. The quantitative estimate of drug-likeness (QED) is 0.293. The van der Waals surface area contributed by atoms with E-state index in [0.717, 1.165) is 10.9 Å². The van der Waals surface area contributed by atoms with Gasteiger partial charge >= 0.3 is 5.97 Å². The van der Waals surface area contributed by atoms with Crippen molar-refractivity contribution in [1.82, 2.24) is 0 Å². The van der Waals surface area contributed by atoms with Crippen LogP contribution >= 0.6 is 23.2 Å². The zero-order valence-electron chi connectivity index (χ0n) is 16.7. The molecule has 0 aliphatic heterocycles. The van der Waals surface area contributed by atoms with Gasteiger partial charge in [0.2, 0.25) is 5.75 Å². The Morgan fingerprint density at radius 1 is 0.867 bits per heavy atom. The molecule has 30 heavy (non-hydrogen) atoms. The average molecular weight is 449 g/mol. The van der Waals surface area contributed by atoms with Crippen LogP contribution in [0.25, 0.3) is 10.8 Å². The summed E-state index contributed by atoms with van der Waals surface area (Å²) < 4.78 is 22.6. The lowest BCUT2D eigenvalue weighted by molar-refractivity contribution is -0.139. The lowest BCUT2D eigenvalue weighted by atomic mass is 10.1.